The van der Waals surface area contributed by atoms with Crippen molar-refractivity contribution in [2.24, 2.45) is 11.8 Å². The molecule has 1 spiro atoms. The van der Waals surface area contributed by atoms with Gasteiger partial charge in [-0.05, 0) is 63.0 Å². The van der Waals surface area contributed by atoms with Crippen molar-refractivity contribution in [3.8, 4) is 0 Å². The molecular formula is C26H35NO5. The molecule has 0 aromatic heterocycles. The van der Waals surface area contributed by atoms with Gasteiger partial charge in [0.2, 0.25) is 0 Å². The minimum Gasteiger partial charge on any atom is -0.347 e. The molecule has 4 rings (SSSR count). The Labute approximate surface area is 190 Å². The van der Waals surface area contributed by atoms with Crippen molar-refractivity contribution in [3.63, 3.8) is 0 Å². The van der Waals surface area contributed by atoms with Gasteiger partial charge in [-0.15, -0.1) is 0 Å². The molecule has 0 radical (unpaired) electrons. The van der Waals surface area contributed by atoms with E-state index < -0.39 is 5.79 Å². The second-order valence-electron chi connectivity index (χ2n) is 9.86. The van der Waals surface area contributed by atoms with Crippen LogP contribution in [0.2, 0.25) is 0 Å². The van der Waals surface area contributed by atoms with E-state index in [9.17, 15) is 14.4 Å². The number of carbonyl (C=O) groups excluding carboxylic acids is 3. The van der Waals surface area contributed by atoms with Crippen LogP contribution in [0.1, 0.15) is 92.4 Å². The molecule has 2 amide bonds. The molecule has 0 saturated carbocycles. The van der Waals surface area contributed by atoms with Crippen LogP contribution >= 0.6 is 0 Å². The third-order valence-electron chi connectivity index (χ3n) is 7.37. The summed E-state index contributed by atoms with van der Waals surface area (Å²) in [5.41, 5.74) is 1.01. The van der Waals surface area contributed by atoms with Gasteiger partial charge in [-0.1, -0.05) is 26.0 Å². The standard InChI is InChI=1S/C26H35NO5/c1-18(17-28)11-12-20-7-5-14-26(31-20)15-13-19(2)23(32-26)10-6-16-27-24(29)21-8-3-4-9-22(21)25(27)30/h3-4,8-9,17-20,23H,5-7,10-16H2,1-2H3/t18-,19+,20+,23-,26?/m1/s1. The Morgan fingerprint density at radius 2 is 1.81 bits per heavy atom. The molecule has 1 aromatic rings. The molecule has 2 saturated heterocycles. The van der Waals surface area contributed by atoms with Crippen molar-refractivity contribution in [1.82, 2.24) is 4.90 Å². The Kier molecular flexibility index (Phi) is 7.11. The Balaban J connectivity index is 1.31. The first-order valence-electron chi connectivity index (χ1n) is 12.2. The molecule has 32 heavy (non-hydrogen) atoms. The fraction of sp³-hybridized carbons (Fsp3) is 0.654. The second kappa shape index (κ2) is 9.84. The average molecular weight is 442 g/mol. The predicted molar refractivity (Wildman–Crippen MR) is 120 cm³/mol. The lowest BCUT2D eigenvalue weighted by Crippen LogP contribution is -2.50. The Morgan fingerprint density at radius 1 is 1.09 bits per heavy atom. The number of carbonyl (C=O) groups is 3. The number of imide groups is 1. The topological polar surface area (TPSA) is 72.9 Å². The van der Waals surface area contributed by atoms with Gasteiger partial charge in [-0.3, -0.25) is 14.5 Å². The van der Waals surface area contributed by atoms with Crippen LogP contribution in [0.4, 0.5) is 0 Å². The molecular weight excluding hydrogens is 406 g/mol. The minimum atomic E-state index is -0.514. The maximum atomic E-state index is 12.6. The zero-order valence-corrected chi connectivity index (χ0v) is 19.3. The van der Waals surface area contributed by atoms with Crippen molar-refractivity contribution >= 4 is 18.1 Å². The smallest absolute Gasteiger partial charge is 0.261 e. The third-order valence-corrected chi connectivity index (χ3v) is 7.37. The highest BCUT2D eigenvalue weighted by Crippen LogP contribution is 2.43. The fourth-order valence-corrected chi connectivity index (χ4v) is 5.33. The summed E-state index contributed by atoms with van der Waals surface area (Å²) < 4.78 is 13.1. The summed E-state index contributed by atoms with van der Waals surface area (Å²) in [5.74, 6) is -0.411. The molecule has 1 aromatic carbocycles. The maximum absolute atomic E-state index is 12.6. The molecule has 3 aliphatic rings. The summed E-state index contributed by atoms with van der Waals surface area (Å²) in [6.45, 7) is 4.58. The zero-order valence-electron chi connectivity index (χ0n) is 19.3. The summed E-state index contributed by atoms with van der Waals surface area (Å²) in [7, 11) is 0. The number of amides is 2. The summed E-state index contributed by atoms with van der Waals surface area (Å²) in [4.78, 5) is 37.5. The first kappa shape index (κ1) is 23.1. The highest BCUT2D eigenvalue weighted by atomic mass is 16.7. The van der Waals surface area contributed by atoms with Crippen LogP contribution in [-0.4, -0.2) is 47.5 Å². The number of rotatable bonds is 8. The number of hydrogen-bond acceptors (Lipinski definition) is 5. The van der Waals surface area contributed by atoms with Crippen molar-refractivity contribution in [2.45, 2.75) is 89.6 Å². The van der Waals surface area contributed by atoms with Gasteiger partial charge in [-0.25, -0.2) is 0 Å². The van der Waals surface area contributed by atoms with Crippen LogP contribution in [0.25, 0.3) is 0 Å². The van der Waals surface area contributed by atoms with Crippen LogP contribution < -0.4 is 0 Å². The maximum Gasteiger partial charge on any atom is 0.261 e. The van der Waals surface area contributed by atoms with E-state index in [0.29, 0.717) is 23.6 Å². The van der Waals surface area contributed by atoms with Gasteiger partial charge in [0, 0.05) is 25.3 Å². The molecule has 0 N–H and O–H groups in total. The van der Waals surface area contributed by atoms with Gasteiger partial charge in [-0.2, -0.15) is 0 Å². The van der Waals surface area contributed by atoms with Gasteiger partial charge >= 0.3 is 0 Å². The number of hydrogen-bond donors (Lipinski definition) is 0. The highest BCUT2D eigenvalue weighted by molar-refractivity contribution is 6.21. The highest BCUT2D eigenvalue weighted by Gasteiger charge is 2.44. The summed E-state index contributed by atoms with van der Waals surface area (Å²) in [6.07, 6.45) is 9.46. The minimum absolute atomic E-state index is 0.0616. The number of ether oxygens (including phenoxy) is 2. The Bertz CT molecular complexity index is 819. The van der Waals surface area contributed by atoms with E-state index in [0.717, 1.165) is 64.1 Å². The molecule has 6 nitrogen and oxygen atoms in total. The third kappa shape index (κ3) is 4.81. The van der Waals surface area contributed by atoms with E-state index >= 15 is 0 Å². The quantitative estimate of drug-likeness (QED) is 0.430. The van der Waals surface area contributed by atoms with E-state index in [1.807, 2.05) is 6.92 Å². The first-order chi connectivity index (χ1) is 15.4. The SMILES string of the molecule is C[C@@H](C=O)CC[C@@H]1CCCC2(CC[C@H](C)[C@@H](CCCN3C(=O)c4ccccc4C3=O)O2)O1. The molecule has 2 fully saturated rings. The lowest BCUT2D eigenvalue weighted by Gasteiger charge is -2.48. The van der Waals surface area contributed by atoms with Crippen LogP contribution in [0, 0.1) is 11.8 Å². The van der Waals surface area contributed by atoms with Crippen molar-refractivity contribution in [2.75, 3.05) is 6.54 Å². The van der Waals surface area contributed by atoms with Crippen molar-refractivity contribution < 1.29 is 23.9 Å². The molecule has 174 valence electrons. The van der Waals surface area contributed by atoms with E-state index in [1.54, 1.807) is 24.3 Å². The second-order valence-corrected chi connectivity index (χ2v) is 9.86. The summed E-state index contributed by atoms with van der Waals surface area (Å²) in [5, 5.41) is 0. The number of aldehydes is 1. The van der Waals surface area contributed by atoms with Crippen molar-refractivity contribution in [3.05, 3.63) is 35.4 Å². The first-order valence-corrected chi connectivity index (χ1v) is 12.2. The molecule has 3 heterocycles. The Hall–Kier alpha value is -2.05. The van der Waals surface area contributed by atoms with Crippen LogP contribution in [-0.2, 0) is 14.3 Å². The van der Waals surface area contributed by atoms with Gasteiger partial charge in [0.1, 0.15) is 6.29 Å². The monoisotopic (exact) mass is 441 g/mol. The number of benzene rings is 1. The molecule has 3 aliphatic heterocycles. The van der Waals surface area contributed by atoms with E-state index in [1.165, 1.54) is 4.90 Å². The summed E-state index contributed by atoms with van der Waals surface area (Å²) in [6, 6.07) is 7.03. The Morgan fingerprint density at radius 3 is 2.50 bits per heavy atom. The van der Waals surface area contributed by atoms with Gasteiger partial charge in [0.05, 0.1) is 23.3 Å². The predicted octanol–water partition coefficient (Wildman–Crippen LogP) is 4.76. The largest absolute Gasteiger partial charge is 0.347 e. The van der Waals surface area contributed by atoms with Crippen molar-refractivity contribution in [1.29, 1.82) is 0 Å². The molecule has 1 unspecified atom stereocenters. The lowest BCUT2D eigenvalue weighted by molar-refractivity contribution is -0.324. The number of fused-ring (bicyclic) bond motifs is 1. The lowest BCUT2D eigenvalue weighted by atomic mass is 9.85. The normalized spacial score (nSPS) is 31.1. The fourth-order valence-electron chi connectivity index (χ4n) is 5.33. The van der Waals surface area contributed by atoms with Gasteiger partial charge in [0.25, 0.3) is 11.8 Å². The average Bonchev–Trinajstić information content (AvgIpc) is 3.05. The van der Waals surface area contributed by atoms with E-state index in [4.69, 9.17) is 9.47 Å². The van der Waals surface area contributed by atoms with Crippen LogP contribution in [0.5, 0.6) is 0 Å². The van der Waals surface area contributed by atoms with E-state index in [2.05, 4.69) is 6.92 Å². The molecule has 0 bridgehead atoms. The van der Waals surface area contributed by atoms with Crippen LogP contribution in [0.3, 0.4) is 0 Å². The number of nitrogens with zero attached hydrogens (tertiary/aromatic N) is 1. The van der Waals surface area contributed by atoms with Crippen LogP contribution in [0.15, 0.2) is 24.3 Å². The zero-order chi connectivity index (χ0) is 22.7. The summed E-state index contributed by atoms with van der Waals surface area (Å²) >= 11 is 0. The molecule has 0 aliphatic carbocycles. The van der Waals surface area contributed by atoms with E-state index in [-0.39, 0.29) is 29.9 Å². The van der Waals surface area contributed by atoms with Gasteiger partial charge in [0.15, 0.2) is 5.79 Å². The molecule has 6 heteroatoms. The van der Waals surface area contributed by atoms with Gasteiger partial charge < -0.3 is 14.3 Å². The molecule has 5 atom stereocenters.